The molecule has 1 aliphatic rings. The van der Waals surface area contributed by atoms with E-state index in [1.165, 1.54) is 11.3 Å². The van der Waals surface area contributed by atoms with Gasteiger partial charge < -0.3 is 14.8 Å². The van der Waals surface area contributed by atoms with Crippen molar-refractivity contribution in [2.75, 3.05) is 12.1 Å². The summed E-state index contributed by atoms with van der Waals surface area (Å²) in [5.74, 6) is 1.35. The summed E-state index contributed by atoms with van der Waals surface area (Å²) in [5.41, 5.74) is 2.02. The van der Waals surface area contributed by atoms with Crippen molar-refractivity contribution in [1.82, 2.24) is 10.2 Å². The summed E-state index contributed by atoms with van der Waals surface area (Å²) in [7, 11) is 0. The fraction of sp³-hybridized carbons (Fsp3) is 0.167. The summed E-state index contributed by atoms with van der Waals surface area (Å²) in [4.78, 5) is 12.1. The molecule has 0 bridgehead atoms. The van der Waals surface area contributed by atoms with Crippen LogP contribution in [0.5, 0.6) is 11.5 Å². The third-order valence-electron chi connectivity index (χ3n) is 3.77. The summed E-state index contributed by atoms with van der Waals surface area (Å²) < 4.78 is 10.7. The second-order valence-corrected chi connectivity index (χ2v) is 6.49. The molecule has 1 N–H and O–H groups in total. The Morgan fingerprint density at radius 3 is 2.80 bits per heavy atom. The minimum atomic E-state index is -0.0720. The quantitative estimate of drug-likeness (QED) is 0.760. The number of aromatic nitrogens is 2. The van der Waals surface area contributed by atoms with E-state index < -0.39 is 0 Å². The van der Waals surface area contributed by atoms with E-state index >= 15 is 0 Å². The molecule has 1 aliphatic heterocycles. The third-order valence-corrected chi connectivity index (χ3v) is 4.66. The number of ether oxygens (including phenoxy) is 2. The molecule has 25 heavy (non-hydrogen) atoms. The Hall–Kier alpha value is -2.93. The maximum absolute atomic E-state index is 12.1. The van der Waals surface area contributed by atoms with Gasteiger partial charge in [-0.1, -0.05) is 41.7 Å². The number of carbonyl (C=O) groups is 1. The number of amides is 1. The maximum Gasteiger partial charge on any atom is 0.231 e. The molecule has 1 aromatic heterocycles. The number of benzene rings is 2. The second-order valence-electron chi connectivity index (χ2n) is 5.51. The monoisotopic (exact) mass is 353 g/mol. The van der Waals surface area contributed by atoms with E-state index in [1.807, 2.05) is 48.5 Å². The molecule has 0 saturated carbocycles. The average molecular weight is 353 g/mol. The van der Waals surface area contributed by atoms with E-state index in [-0.39, 0.29) is 12.7 Å². The van der Waals surface area contributed by atoms with Crippen molar-refractivity contribution in [2.24, 2.45) is 0 Å². The van der Waals surface area contributed by atoms with E-state index in [1.54, 1.807) is 0 Å². The zero-order valence-corrected chi connectivity index (χ0v) is 14.1. The highest BCUT2D eigenvalue weighted by atomic mass is 32.1. The van der Waals surface area contributed by atoms with E-state index in [0.717, 1.165) is 21.9 Å². The highest BCUT2D eigenvalue weighted by Gasteiger charge is 2.16. The summed E-state index contributed by atoms with van der Waals surface area (Å²) in [6.45, 7) is 0.234. The minimum Gasteiger partial charge on any atom is -0.454 e. The minimum absolute atomic E-state index is 0.0720. The number of hydrogen-bond donors (Lipinski definition) is 1. The van der Waals surface area contributed by atoms with Crippen molar-refractivity contribution in [1.29, 1.82) is 0 Å². The molecule has 0 fully saturated rings. The van der Waals surface area contributed by atoms with Gasteiger partial charge in [-0.3, -0.25) is 4.79 Å². The van der Waals surface area contributed by atoms with Gasteiger partial charge >= 0.3 is 0 Å². The predicted molar refractivity (Wildman–Crippen MR) is 94.9 cm³/mol. The Kier molecular flexibility index (Phi) is 4.30. The molecule has 126 valence electrons. The first-order valence-electron chi connectivity index (χ1n) is 7.85. The highest BCUT2D eigenvalue weighted by Crippen LogP contribution is 2.37. The summed E-state index contributed by atoms with van der Waals surface area (Å²) in [6, 6.07) is 15.5. The first kappa shape index (κ1) is 15.6. The van der Waals surface area contributed by atoms with Crippen LogP contribution in [0.3, 0.4) is 0 Å². The lowest BCUT2D eigenvalue weighted by Gasteiger charge is -2.01. The first-order chi connectivity index (χ1) is 12.3. The maximum atomic E-state index is 12.1. The lowest BCUT2D eigenvalue weighted by atomic mass is 10.1. The molecule has 0 radical (unpaired) electrons. The molecular weight excluding hydrogens is 338 g/mol. The van der Waals surface area contributed by atoms with Gasteiger partial charge in [0.1, 0.15) is 5.01 Å². The number of fused-ring (bicyclic) bond motifs is 1. The molecule has 7 heteroatoms. The number of nitrogens with zero attached hydrogens (tertiary/aromatic N) is 2. The SMILES string of the molecule is O=C(CCc1ccccc1)Nc1nnc(-c2ccc3c(c2)OCO3)s1. The van der Waals surface area contributed by atoms with Gasteiger partial charge in [0.25, 0.3) is 0 Å². The molecule has 3 aromatic rings. The van der Waals surface area contributed by atoms with Crippen molar-refractivity contribution in [3.05, 3.63) is 54.1 Å². The van der Waals surface area contributed by atoms with E-state index in [0.29, 0.717) is 23.7 Å². The molecule has 0 unspecified atom stereocenters. The lowest BCUT2D eigenvalue weighted by Crippen LogP contribution is -2.12. The van der Waals surface area contributed by atoms with E-state index in [4.69, 9.17) is 9.47 Å². The van der Waals surface area contributed by atoms with Crippen LogP contribution in [0.2, 0.25) is 0 Å². The van der Waals surface area contributed by atoms with Crippen molar-refractivity contribution >= 4 is 22.4 Å². The van der Waals surface area contributed by atoms with Crippen LogP contribution in [0.4, 0.5) is 5.13 Å². The van der Waals surface area contributed by atoms with E-state index in [2.05, 4.69) is 15.5 Å². The van der Waals surface area contributed by atoms with Crippen LogP contribution in [-0.2, 0) is 11.2 Å². The van der Waals surface area contributed by atoms with Crippen LogP contribution >= 0.6 is 11.3 Å². The molecule has 0 spiro atoms. The molecule has 0 aliphatic carbocycles. The molecule has 1 amide bonds. The zero-order chi connectivity index (χ0) is 17.1. The fourth-order valence-electron chi connectivity index (χ4n) is 2.50. The van der Waals surface area contributed by atoms with Gasteiger partial charge in [0, 0.05) is 12.0 Å². The number of nitrogens with one attached hydrogen (secondary N) is 1. The largest absolute Gasteiger partial charge is 0.454 e. The fourth-order valence-corrected chi connectivity index (χ4v) is 3.26. The van der Waals surface area contributed by atoms with Crippen LogP contribution in [0.25, 0.3) is 10.6 Å². The number of anilines is 1. The van der Waals surface area contributed by atoms with Crippen LogP contribution in [-0.4, -0.2) is 22.9 Å². The van der Waals surface area contributed by atoms with Crippen LogP contribution in [0, 0.1) is 0 Å². The summed E-state index contributed by atoms with van der Waals surface area (Å²) >= 11 is 1.33. The zero-order valence-electron chi connectivity index (χ0n) is 13.3. The number of carbonyl (C=O) groups excluding carboxylic acids is 1. The predicted octanol–water partition coefficient (Wildman–Crippen LogP) is 3.51. The second kappa shape index (κ2) is 6.90. The number of rotatable bonds is 5. The van der Waals surface area contributed by atoms with Crippen LogP contribution in [0.15, 0.2) is 48.5 Å². The lowest BCUT2D eigenvalue weighted by molar-refractivity contribution is -0.116. The van der Waals surface area contributed by atoms with Crippen molar-refractivity contribution in [3.63, 3.8) is 0 Å². The first-order valence-corrected chi connectivity index (χ1v) is 8.67. The topological polar surface area (TPSA) is 73.3 Å². The molecular formula is C18H15N3O3S. The van der Waals surface area contributed by atoms with Crippen LogP contribution in [0.1, 0.15) is 12.0 Å². The molecule has 2 aromatic carbocycles. The average Bonchev–Trinajstić information content (AvgIpc) is 3.29. The Balaban J connectivity index is 1.39. The Morgan fingerprint density at radius 1 is 1.08 bits per heavy atom. The highest BCUT2D eigenvalue weighted by molar-refractivity contribution is 7.18. The third kappa shape index (κ3) is 3.61. The summed E-state index contributed by atoms with van der Waals surface area (Å²) in [5, 5.41) is 12.2. The standard InChI is InChI=1S/C18H15N3O3S/c22-16(9-6-12-4-2-1-3-5-12)19-18-21-20-17(25-18)13-7-8-14-15(10-13)24-11-23-14/h1-5,7-8,10H,6,9,11H2,(H,19,21,22). The van der Waals surface area contributed by atoms with Gasteiger partial charge in [0.05, 0.1) is 0 Å². The van der Waals surface area contributed by atoms with Gasteiger partial charge in [-0.2, -0.15) is 0 Å². The number of hydrogen-bond acceptors (Lipinski definition) is 6. The Labute approximate surface area is 148 Å². The Morgan fingerprint density at radius 2 is 1.92 bits per heavy atom. The molecule has 0 saturated heterocycles. The smallest absolute Gasteiger partial charge is 0.231 e. The van der Waals surface area contributed by atoms with Gasteiger partial charge in [-0.25, -0.2) is 0 Å². The Bertz CT molecular complexity index is 896. The van der Waals surface area contributed by atoms with Crippen molar-refractivity contribution in [3.8, 4) is 22.1 Å². The normalized spacial score (nSPS) is 12.2. The molecule has 2 heterocycles. The van der Waals surface area contributed by atoms with Gasteiger partial charge in [0.15, 0.2) is 11.5 Å². The van der Waals surface area contributed by atoms with Gasteiger partial charge in [0.2, 0.25) is 17.8 Å². The van der Waals surface area contributed by atoms with Gasteiger partial charge in [-0.05, 0) is 30.2 Å². The van der Waals surface area contributed by atoms with Crippen molar-refractivity contribution in [2.45, 2.75) is 12.8 Å². The van der Waals surface area contributed by atoms with Gasteiger partial charge in [-0.15, -0.1) is 10.2 Å². The molecule has 4 rings (SSSR count). The number of aryl methyl sites for hydroxylation is 1. The molecule has 0 atom stereocenters. The van der Waals surface area contributed by atoms with Crippen LogP contribution < -0.4 is 14.8 Å². The van der Waals surface area contributed by atoms with E-state index in [9.17, 15) is 4.79 Å². The van der Waals surface area contributed by atoms with Crippen molar-refractivity contribution < 1.29 is 14.3 Å². The molecule has 6 nitrogen and oxygen atoms in total. The summed E-state index contributed by atoms with van der Waals surface area (Å²) in [6.07, 6.45) is 1.10.